The van der Waals surface area contributed by atoms with Crippen LogP contribution in [-0.4, -0.2) is 77.5 Å². The van der Waals surface area contributed by atoms with Crippen molar-refractivity contribution in [3.63, 3.8) is 0 Å². The maximum Gasteiger partial charge on any atom is 0.236 e. The van der Waals surface area contributed by atoms with Gasteiger partial charge in [-0.15, -0.1) is 0 Å². The summed E-state index contributed by atoms with van der Waals surface area (Å²) >= 11 is 0. The molecule has 0 bridgehead atoms. The van der Waals surface area contributed by atoms with E-state index in [0.29, 0.717) is 19.6 Å². The third-order valence-corrected chi connectivity index (χ3v) is 5.51. The average molecular weight is 366 g/mol. The van der Waals surface area contributed by atoms with Crippen LogP contribution in [-0.2, 0) is 4.79 Å². The van der Waals surface area contributed by atoms with E-state index in [2.05, 4.69) is 31.9 Å². The lowest BCUT2D eigenvalue weighted by atomic mass is 9.95. The number of amides is 1. The highest BCUT2D eigenvalue weighted by Crippen LogP contribution is 2.26. The molecule has 2 saturated heterocycles. The van der Waals surface area contributed by atoms with Crippen molar-refractivity contribution in [2.24, 2.45) is 5.73 Å². The lowest BCUT2D eigenvalue weighted by Gasteiger charge is -2.34. The number of hydrogen-bond acceptors (Lipinski definition) is 6. The van der Waals surface area contributed by atoms with Gasteiger partial charge >= 0.3 is 0 Å². The minimum atomic E-state index is 0.00317. The highest BCUT2D eigenvalue weighted by Gasteiger charge is 2.34. The van der Waals surface area contributed by atoms with Gasteiger partial charge in [0.1, 0.15) is 0 Å². The zero-order valence-electron chi connectivity index (χ0n) is 15.4. The van der Waals surface area contributed by atoms with Crippen LogP contribution in [0.15, 0.2) is 48.8 Å². The highest BCUT2D eigenvalue weighted by molar-refractivity contribution is 5.79. The Bertz CT molecular complexity index is 748. The molecule has 1 amide bonds. The molecule has 2 aliphatic heterocycles. The molecular weight excluding hydrogens is 340 g/mol. The molecule has 2 fully saturated rings. The molecule has 2 aromatic rings. The molecule has 0 aliphatic carbocycles. The smallest absolute Gasteiger partial charge is 0.236 e. The van der Waals surface area contributed by atoms with Gasteiger partial charge in [-0.05, 0) is 11.6 Å². The fourth-order valence-electron chi connectivity index (χ4n) is 3.94. The maximum absolute atomic E-state index is 12.8. The fourth-order valence-corrected chi connectivity index (χ4v) is 3.94. The summed E-state index contributed by atoms with van der Waals surface area (Å²) in [5.74, 6) is 1.16. The summed E-state index contributed by atoms with van der Waals surface area (Å²) in [5.41, 5.74) is 7.55. The van der Waals surface area contributed by atoms with Crippen LogP contribution in [0.1, 0.15) is 11.5 Å². The fraction of sp³-hybridized carbons (Fsp3) is 0.450. The van der Waals surface area contributed by atoms with E-state index in [9.17, 15) is 4.79 Å². The minimum absolute atomic E-state index is 0.00317. The first-order chi connectivity index (χ1) is 13.2. The molecule has 4 rings (SSSR count). The Labute approximate surface area is 159 Å². The summed E-state index contributed by atoms with van der Waals surface area (Å²) in [4.78, 5) is 27.7. The Kier molecular flexibility index (Phi) is 5.31. The lowest BCUT2D eigenvalue weighted by molar-refractivity contribution is -0.131. The summed E-state index contributed by atoms with van der Waals surface area (Å²) in [6.07, 6.45) is 3.52. The monoisotopic (exact) mass is 366 g/mol. The van der Waals surface area contributed by atoms with E-state index in [1.54, 1.807) is 12.4 Å². The first-order valence-electron chi connectivity index (χ1n) is 9.53. The molecule has 3 heterocycles. The number of carbonyl (C=O) groups is 1. The number of piperazine rings is 1. The van der Waals surface area contributed by atoms with Crippen LogP contribution in [0.3, 0.4) is 0 Å². The van der Waals surface area contributed by atoms with Crippen molar-refractivity contribution >= 4 is 11.9 Å². The van der Waals surface area contributed by atoms with E-state index < -0.39 is 0 Å². The van der Waals surface area contributed by atoms with Gasteiger partial charge < -0.3 is 15.5 Å². The first kappa shape index (κ1) is 17.9. The van der Waals surface area contributed by atoms with E-state index in [1.807, 2.05) is 29.2 Å². The van der Waals surface area contributed by atoms with Crippen LogP contribution < -0.4 is 10.6 Å². The van der Waals surface area contributed by atoms with Gasteiger partial charge in [0, 0.05) is 63.6 Å². The molecule has 2 atom stereocenters. The number of benzene rings is 1. The van der Waals surface area contributed by atoms with Gasteiger partial charge in [0.15, 0.2) is 0 Å². The van der Waals surface area contributed by atoms with Gasteiger partial charge in [0.2, 0.25) is 11.9 Å². The third kappa shape index (κ3) is 4.09. The van der Waals surface area contributed by atoms with Crippen LogP contribution in [0.5, 0.6) is 0 Å². The molecule has 1 aromatic carbocycles. The van der Waals surface area contributed by atoms with E-state index >= 15 is 0 Å². The van der Waals surface area contributed by atoms with E-state index in [-0.39, 0.29) is 17.9 Å². The van der Waals surface area contributed by atoms with Crippen LogP contribution >= 0.6 is 0 Å². The zero-order valence-corrected chi connectivity index (χ0v) is 15.4. The number of aromatic nitrogens is 2. The number of nitrogens with zero attached hydrogens (tertiary/aromatic N) is 5. The number of likely N-dealkylation sites (tertiary alicyclic amines) is 1. The SMILES string of the molecule is N[C@H]1CN(C(=O)CN2CCN(c3ncccn3)CC2)C[C@@H]1c1ccccc1. The first-order valence-corrected chi connectivity index (χ1v) is 9.53. The number of anilines is 1. The Morgan fingerprint density at radius 3 is 2.41 bits per heavy atom. The topological polar surface area (TPSA) is 78.6 Å². The van der Waals surface area contributed by atoms with Crippen LogP contribution in [0.4, 0.5) is 5.95 Å². The standard InChI is InChI=1S/C20H26N6O/c21-18-14-26(13-17(18)16-5-2-1-3-6-16)19(27)15-24-9-11-25(12-10-24)20-22-7-4-8-23-20/h1-8,17-18H,9-15,21H2/t17-,18+/m1/s1. The maximum atomic E-state index is 12.8. The molecule has 0 saturated carbocycles. The van der Waals surface area contributed by atoms with Crippen molar-refractivity contribution < 1.29 is 4.79 Å². The van der Waals surface area contributed by atoms with Crippen molar-refractivity contribution in [2.45, 2.75) is 12.0 Å². The zero-order chi connectivity index (χ0) is 18.6. The predicted molar refractivity (Wildman–Crippen MR) is 104 cm³/mol. The van der Waals surface area contributed by atoms with E-state index in [1.165, 1.54) is 5.56 Å². The quantitative estimate of drug-likeness (QED) is 0.852. The summed E-state index contributed by atoms with van der Waals surface area (Å²) in [7, 11) is 0. The minimum Gasteiger partial charge on any atom is -0.339 e. The van der Waals surface area contributed by atoms with Crippen molar-refractivity contribution in [1.82, 2.24) is 19.8 Å². The number of nitrogens with two attached hydrogens (primary N) is 1. The van der Waals surface area contributed by atoms with E-state index in [0.717, 1.165) is 32.1 Å². The second-order valence-electron chi connectivity index (χ2n) is 7.29. The second-order valence-corrected chi connectivity index (χ2v) is 7.29. The molecule has 0 radical (unpaired) electrons. The summed E-state index contributed by atoms with van der Waals surface area (Å²) < 4.78 is 0. The van der Waals surface area contributed by atoms with Crippen molar-refractivity contribution in [3.8, 4) is 0 Å². The van der Waals surface area contributed by atoms with Gasteiger partial charge in [-0.3, -0.25) is 9.69 Å². The van der Waals surface area contributed by atoms with Gasteiger partial charge in [-0.1, -0.05) is 30.3 Å². The largest absolute Gasteiger partial charge is 0.339 e. The molecule has 0 spiro atoms. The number of rotatable bonds is 4. The Morgan fingerprint density at radius 1 is 1.00 bits per heavy atom. The van der Waals surface area contributed by atoms with Gasteiger partial charge in [0.05, 0.1) is 6.54 Å². The van der Waals surface area contributed by atoms with Crippen molar-refractivity contribution in [1.29, 1.82) is 0 Å². The molecule has 1 aromatic heterocycles. The molecule has 2 N–H and O–H groups in total. The summed E-state index contributed by atoms with van der Waals surface area (Å²) in [6, 6.07) is 12.1. The normalized spacial score (nSPS) is 23.6. The van der Waals surface area contributed by atoms with E-state index in [4.69, 9.17) is 5.73 Å². The van der Waals surface area contributed by atoms with Gasteiger partial charge in [0.25, 0.3) is 0 Å². The van der Waals surface area contributed by atoms with Crippen LogP contribution in [0.25, 0.3) is 0 Å². The predicted octanol–water partition coefficient (Wildman–Crippen LogP) is 0.552. The Hall–Kier alpha value is -2.51. The molecular formula is C20H26N6O. The number of carbonyl (C=O) groups excluding carboxylic acids is 1. The molecule has 7 nitrogen and oxygen atoms in total. The van der Waals surface area contributed by atoms with Crippen LogP contribution in [0.2, 0.25) is 0 Å². The summed E-state index contributed by atoms with van der Waals surface area (Å²) in [6.45, 7) is 5.15. The third-order valence-electron chi connectivity index (χ3n) is 5.51. The Morgan fingerprint density at radius 2 is 1.70 bits per heavy atom. The molecule has 142 valence electrons. The molecule has 27 heavy (non-hydrogen) atoms. The highest BCUT2D eigenvalue weighted by atomic mass is 16.2. The lowest BCUT2D eigenvalue weighted by Crippen LogP contribution is -2.50. The van der Waals surface area contributed by atoms with Crippen molar-refractivity contribution in [2.75, 3.05) is 50.7 Å². The Balaban J connectivity index is 1.29. The second kappa shape index (κ2) is 8.02. The van der Waals surface area contributed by atoms with Gasteiger partial charge in [-0.2, -0.15) is 0 Å². The van der Waals surface area contributed by atoms with Gasteiger partial charge in [-0.25, -0.2) is 9.97 Å². The van der Waals surface area contributed by atoms with Crippen molar-refractivity contribution in [3.05, 3.63) is 54.4 Å². The molecule has 7 heteroatoms. The van der Waals surface area contributed by atoms with Crippen LogP contribution in [0, 0.1) is 0 Å². The summed E-state index contributed by atoms with van der Waals surface area (Å²) in [5, 5.41) is 0. The number of hydrogen-bond donors (Lipinski definition) is 1. The molecule has 0 unspecified atom stereocenters. The molecule has 2 aliphatic rings. The average Bonchev–Trinajstić information content (AvgIpc) is 3.12.